The van der Waals surface area contributed by atoms with Gasteiger partial charge in [0.05, 0.1) is 0 Å². The standard InChI is InChI=1S/C12H22/c1-4-12(10(2)3)11-8-6-5-7-9-11/h11-12H,2,4-9H2,1,3H3/t12-/m1/s1. The minimum absolute atomic E-state index is 0.810. The van der Waals surface area contributed by atoms with Crippen molar-refractivity contribution < 1.29 is 0 Å². The van der Waals surface area contributed by atoms with E-state index in [0.29, 0.717) is 0 Å². The van der Waals surface area contributed by atoms with Crippen molar-refractivity contribution in [1.82, 2.24) is 0 Å². The Morgan fingerprint density at radius 3 is 2.33 bits per heavy atom. The van der Waals surface area contributed by atoms with Gasteiger partial charge in [0, 0.05) is 0 Å². The van der Waals surface area contributed by atoms with Gasteiger partial charge >= 0.3 is 0 Å². The fourth-order valence-electron chi connectivity index (χ4n) is 2.62. The molecule has 0 nitrogen and oxygen atoms in total. The van der Waals surface area contributed by atoms with Gasteiger partial charge in [-0.1, -0.05) is 38.3 Å². The third-order valence-corrected chi connectivity index (χ3v) is 3.29. The van der Waals surface area contributed by atoms with E-state index in [-0.39, 0.29) is 0 Å². The zero-order valence-electron chi connectivity index (χ0n) is 8.60. The van der Waals surface area contributed by atoms with E-state index in [9.17, 15) is 0 Å². The Balaban J connectivity index is 2.46. The van der Waals surface area contributed by atoms with Gasteiger partial charge in [0.1, 0.15) is 0 Å². The van der Waals surface area contributed by atoms with Crippen LogP contribution in [0.1, 0.15) is 52.4 Å². The molecule has 0 unspecified atom stereocenters. The number of rotatable bonds is 3. The molecule has 0 spiro atoms. The summed E-state index contributed by atoms with van der Waals surface area (Å²) in [6.45, 7) is 8.60. The smallest absolute Gasteiger partial charge is 0.0183 e. The molecular formula is C12H22. The molecule has 0 aliphatic heterocycles. The first-order valence-electron chi connectivity index (χ1n) is 5.41. The van der Waals surface area contributed by atoms with E-state index < -0.39 is 0 Å². The lowest BCUT2D eigenvalue weighted by Crippen LogP contribution is -2.17. The molecule has 1 atom stereocenters. The molecule has 12 heavy (non-hydrogen) atoms. The molecule has 0 saturated heterocycles. The second-order valence-corrected chi connectivity index (χ2v) is 4.26. The zero-order valence-corrected chi connectivity index (χ0v) is 8.60. The van der Waals surface area contributed by atoms with E-state index in [1.165, 1.54) is 44.1 Å². The van der Waals surface area contributed by atoms with Crippen LogP contribution >= 0.6 is 0 Å². The molecule has 1 saturated carbocycles. The molecule has 0 amide bonds. The van der Waals surface area contributed by atoms with Crippen LogP contribution in [0.5, 0.6) is 0 Å². The van der Waals surface area contributed by atoms with Gasteiger partial charge in [0.2, 0.25) is 0 Å². The summed E-state index contributed by atoms with van der Waals surface area (Å²) in [6, 6.07) is 0. The molecular weight excluding hydrogens is 144 g/mol. The van der Waals surface area contributed by atoms with Gasteiger partial charge in [-0.25, -0.2) is 0 Å². The van der Waals surface area contributed by atoms with Crippen molar-refractivity contribution in [3.05, 3.63) is 12.2 Å². The number of allylic oxidation sites excluding steroid dienone is 1. The third-order valence-electron chi connectivity index (χ3n) is 3.29. The molecule has 1 aliphatic carbocycles. The van der Waals surface area contributed by atoms with Gasteiger partial charge in [0.15, 0.2) is 0 Å². The first-order valence-corrected chi connectivity index (χ1v) is 5.41. The van der Waals surface area contributed by atoms with Gasteiger partial charge in [-0.15, -0.1) is 0 Å². The largest absolute Gasteiger partial charge is 0.0999 e. The van der Waals surface area contributed by atoms with Crippen molar-refractivity contribution in [3.63, 3.8) is 0 Å². The van der Waals surface area contributed by atoms with Gasteiger partial charge in [0.25, 0.3) is 0 Å². The van der Waals surface area contributed by atoms with Crippen molar-refractivity contribution in [3.8, 4) is 0 Å². The molecule has 1 aliphatic rings. The molecule has 0 aromatic rings. The second-order valence-electron chi connectivity index (χ2n) is 4.26. The van der Waals surface area contributed by atoms with Crippen molar-refractivity contribution in [2.75, 3.05) is 0 Å². The summed E-state index contributed by atoms with van der Waals surface area (Å²) in [5, 5.41) is 0. The summed E-state index contributed by atoms with van der Waals surface area (Å²) in [5.41, 5.74) is 1.41. The van der Waals surface area contributed by atoms with E-state index in [1.54, 1.807) is 0 Å². The van der Waals surface area contributed by atoms with E-state index in [4.69, 9.17) is 0 Å². The van der Waals surface area contributed by atoms with E-state index in [2.05, 4.69) is 20.4 Å². The summed E-state index contributed by atoms with van der Waals surface area (Å²) in [5.74, 6) is 1.77. The highest BCUT2D eigenvalue weighted by molar-refractivity contribution is 4.98. The predicted molar refractivity (Wildman–Crippen MR) is 55.2 cm³/mol. The Hall–Kier alpha value is -0.260. The lowest BCUT2D eigenvalue weighted by molar-refractivity contribution is 0.271. The monoisotopic (exact) mass is 166 g/mol. The van der Waals surface area contributed by atoms with Crippen LogP contribution in [0.2, 0.25) is 0 Å². The van der Waals surface area contributed by atoms with Crippen molar-refractivity contribution in [1.29, 1.82) is 0 Å². The summed E-state index contributed by atoms with van der Waals surface area (Å²) >= 11 is 0. The highest BCUT2D eigenvalue weighted by atomic mass is 14.3. The Kier molecular flexibility index (Phi) is 3.84. The maximum absolute atomic E-state index is 4.10. The summed E-state index contributed by atoms with van der Waals surface area (Å²) in [7, 11) is 0. The normalized spacial score (nSPS) is 22.2. The molecule has 0 heteroatoms. The average molecular weight is 166 g/mol. The Bertz CT molecular complexity index is 140. The number of hydrogen-bond donors (Lipinski definition) is 0. The Morgan fingerprint density at radius 1 is 1.33 bits per heavy atom. The molecule has 0 heterocycles. The lowest BCUT2D eigenvalue weighted by atomic mass is 9.76. The van der Waals surface area contributed by atoms with Crippen LogP contribution in [0.25, 0.3) is 0 Å². The van der Waals surface area contributed by atoms with Crippen LogP contribution < -0.4 is 0 Å². The van der Waals surface area contributed by atoms with E-state index in [1.807, 2.05) is 0 Å². The Morgan fingerprint density at radius 2 is 1.92 bits per heavy atom. The SMILES string of the molecule is C=C(C)[C@@H](CC)C1CCCCC1. The quantitative estimate of drug-likeness (QED) is 0.552. The average Bonchev–Trinajstić information content (AvgIpc) is 2.07. The van der Waals surface area contributed by atoms with Gasteiger partial charge in [-0.05, 0) is 38.0 Å². The highest BCUT2D eigenvalue weighted by Gasteiger charge is 2.22. The second kappa shape index (κ2) is 4.69. The Labute approximate surface area is 77.1 Å². The lowest BCUT2D eigenvalue weighted by Gasteiger charge is -2.29. The first-order chi connectivity index (χ1) is 5.75. The molecule has 0 bridgehead atoms. The molecule has 0 aromatic heterocycles. The molecule has 0 radical (unpaired) electrons. The minimum Gasteiger partial charge on any atom is -0.0999 e. The van der Waals surface area contributed by atoms with Crippen LogP contribution in [-0.2, 0) is 0 Å². The van der Waals surface area contributed by atoms with Gasteiger partial charge in [-0.2, -0.15) is 0 Å². The van der Waals surface area contributed by atoms with Crippen LogP contribution in [0.4, 0.5) is 0 Å². The predicted octanol–water partition coefficient (Wildman–Crippen LogP) is 4.17. The van der Waals surface area contributed by atoms with Crippen molar-refractivity contribution >= 4 is 0 Å². The van der Waals surface area contributed by atoms with Crippen LogP contribution in [-0.4, -0.2) is 0 Å². The maximum atomic E-state index is 4.10. The van der Waals surface area contributed by atoms with Gasteiger partial charge in [-0.3, -0.25) is 0 Å². The summed E-state index contributed by atoms with van der Waals surface area (Å²) in [6.07, 6.45) is 8.56. The van der Waals surface area contributed by atoms with Crippen LogP contribution in [0.3, 0.4) is 0 Å². The molecule has 0 aromatic carbocycles. The first kappa shape index (κ1) is 9.83. The minimum atomic E-state index is 0.810. The topological polar surface area (TPSA) is 0 Å². The van der Waals surface area contributed by atoms with E-state index in [0.717, 1.165) is 11.8 Å². The number of hydrogen-bond acceptors (Lipinski definition) is 0. The third kappa shape index (κ3) is 2.36. The summed E-state index contributed by atoms with van der Waals surface area (Å²) < 4.78 is 0. The van der Waals surface area contributed by atoms with Crippen molar-refractivity contribution in [2.45, 2.75) is 52.4 Å². The fourth-order valence-corrected chi connectivity index (χ4v) is 2.62. The van der Waals surface area contributed by atoms with Crippen molar-refractivity contribution in [2.24, 2.45) is 11.8 Å². The highest BCUT2D eigenvalue weighted by Crippen LogP contribution is 2.34. The van der Waals surface area contributed by atoms with Crippen LogP contribution in [0.15, 0.2) is 12.2 Å². The molecule has 1 fully saturated rings. The zero-order chi connectivity index (χ0) is 8.97. The molecule has 1 rings (SSSR count). The van der Waals surface area contributed by atoms with Gasteiger partial charge < -0.3 is 0 Å². The molecule has 70 valence electrons. The van der Waals surface area contributed by atoms with E-state index >= 15 is 0 Å². The molecule has 0 N–H and O–H groups in total. The maximum Gasteiger partial charge on any atom is -0.0183 e. The fraction of sp³-hybridized carbons (Fsp3) is 0.833. The summed E-state index contributed by atoms with van der Waals surface area (Å²) in [4.78, 5) is 0. The van der Waals surface area contributed by atoms with Crippen LogP contribution in [0, 0.1) is 11.8 Å².